The SMILES string of the molecule is CCNC(=NCc1cccc(O)c1)NCC(C)Oc1cccc(F)c1.I. The molecule has 26 heavy (non-hydrogen) atoms. The highest BCUT2D eigenvalue weighted by molar-refractivity contribution is 14.0. The molecule has 0 aromatic heterocycles. The number of halogens is 2. The standard InChI is InChI=1S/C19H24FN3O2.HI/c1-3-21-19(23-13-15-6-4-8-17(24)10-15)22-12-14(2)25-18-9-5-7-16(20)11-18;/h4-11,14,24H,3,12-13H2,1-2H3,(H2,21,22,23);1H. The quantitative estimate of drug-likeness (QED) is 0.326. The van der Waals surface area contributed by atoms with Crippen molar-refractivity contribution in [3.63, 3.8) is 0 Å². The zero-order chi connectivity index (χ0) is 18.1. The summed E-state index contributed by atoms with van der Waals surface area (Å²) in [4.78, 5) is 4.49. The molecule has 1 atom stereocenters. The largest absolute Gasteiger partial charge is 0.508 e. The first-order chi connectivity index (χ1) is 12.1. The van der Waals surface area contributed by atoms with E-state index < -0.39 is 0 Å². The molecular formula is C19H25FIN3O2. The van der Waals surface area contributed by atoms with Gasteiger partial charge in [0.2, 0.25) is 0 Å². The second-order valence-corrected chi connectivity index (χ2v) is 5.63. The number of aromatic hydroxyl groups is 1. The summed E-state index contributed by atoms with van der Waals surface area (Å²) in [6, 6.07) is 13.1. The lowest BCUT2D eigenvalue weighted by atomic mass is 10.2. The Morgan fingerprint density at radius 1 is 1.19 bits per heavy atom. The molecule has 7 heteroatoms. The van der Waals surface area contributed by atoms with E-state index in [1.165, 1.54) is 12.1 Å². The summed E-state index contributed by atoms with van der Waals surface area (Å²) in [5, 5.41) is 15.8. The average Bonchev–Trinajstić information content (AvgIpc) is 2.57. The van der Waals surface area contributed by atoms with Crippen molar-refractivity contribution in [1.29, 1.82) is 0 Å². The van der Waals surface area contributed by atoms with Crippen LogP contribution in [0.1, 0.15) is 19.4 Å². The van der Waals surface area contributed by atoms with Crippen molar-refractivity contribution in [1.82, 2.24) is 10.6 Å². The fraction of sp³-hybridized carbons (Fsp3) is 0.316. The zero-order valence-corrected chi connectivity index (χ0v) is 17.2. The number of hydrogen-bond donors (Lipinski definition) is 3. The molecule has 0 saturated heterocycles. The maximum atomic E-state index is 13.2. The number of ether oxygens (including phenoxy) is 1. The maximum absolute atomic E-state index is 13.2. The van der Waals surface area contributed by atoms with Gasteiger partial charge in [0.05, 0.1) is 13.1 Å². The van der Waals surface area contributed by atoms with Crippen molar-refractivity contribution in [2.75, 3.05) is 13.1 Å². The number of hydrogen-bond acceptors (Lipinski definition) is 3. The van der Waals surface area contributed by atoms with Crippen LogP contribution >= 0.6 is 24.0 Å². The molecule has 2 aromatic rings. The highest BCUT2D eigenvalue weighted by atomic mass is 127. The number of aliphatic imine (C=N–C) groups is 1. The zero-order valence-electron chi connectivity index (χ0n) is 14.9. The summed E-state index contributed by atoms with van der Waals surface area (Å²) in [5.41, 5.74) is 0.918. The van der Waals surface area contributed by atoms with Crippen molar-refractivity contribution in [2.24, 2.45) is 4.99 Å². The molecule has 0 bridgehead atoms. The lowest BCUT2D eigenvalue weighted by Crippen LogP contribution is -2.41. The van der Waals surface area contributed by atoms with E-state index in [-0.39, 0.29) is 41.6 Å². The molecule has 0 spiro atoms. The molecule has 0 amide bonds. The van der Waals surface area contributed by atoms with Crippen molar-refractivity contribution < 1.29 is 14.2 Å². The predicted octanol–water partition coefficient (Wildman–Crippen LogP) is 3.67. The number of nitrogens with zero attached hydrogens (tertiary/aromatic N) is 1. The van der Waals surface area contributed by atoms with Crippen molar-refractivity contribution in [3.05, 3.63) is 59.9 Å². The molecule has 0 heterocycles. The van der Waals surface area contributed by atoms with Crippen LogP contribution in [0.2, 0.25) is 0 Å². The molecule has 0 radical (unpaired) electrons. The summed E-state index contributed by atoms with van der Waals surface area (Å²) >= 11 is 0. The Labute approximate surface area is 170 Å². The maximum Gasteiger partial charge on any atom is 0.191 e. The van der Waals surface area contributed by atoms with Gasteiger partial charge in [-0.25, -0.2) is 9.38 Å². The molecule has 0 fully saturated rings. The molecule has 2 rings (SSSR count). The van der Waals surface area contributed by atoms with Gasteiger partial charge in [0.25, 0.3) is 0 Å². The molecule has 3 N–H and O–H groups in total. The van der Waals surface area contributed by atoms with Gasteiger partial charge in [0, 0.05) is 12.6 Å². The van der Waals surface area contributed by atoms with Gasteiger partial charge < -0.3 is 20.5 Å². The second kappa shape index (κ2) is 11.6. The van der Waals surface area contributed by atoms with Crippen molar-refractivity contribution in [3.8, 4) is 11.5 Å². The van der Waals surface area contributed by atoms with E-state index in [1.54, 1.807) is 30.3 Å². The molecule has 0 aliphatic heterocycles. The van der Waals surface area contributed by atoms with Gasteiger partial charge in [0.1, 0.15) is 23.4 Å². The number of phenols is 1. The minimum Gasteiger partial charge on any atom is -0.508 e. The summed E-state index contributed by atoms with van der Waals surface area (Å²) in [6.45, 7) is 5.57. The summed E-state index contributed by atoms with van der Waals surface area (Å²) in [7, 11) is 0. The lowest BCUT2D eigenvalue weighted by Gasteiger charge is -2.17. The first kappa shape index (κ1) is 22.0. The normalized spacial score (nSPS) is 12.0. The van der Waals surface area contributed by atoms with Crippen LogP contribution in [0, 0.1) is 5.82 Å². The van der Waals surface area contributed by atoms with Crippen LogP contribution < -0.4 is 15.4 Å². The van der Waals surface area contributed by atoms with Crippen LogP contribution in [-0.4, -0.2) is 30.3 Å². The smallest absolute Gasteiger partial charge is 0.191 e. The number of nitrogens with one attached hydrogen (secondary N) is 2. The highest BCUT2D eigenvalue weighted by Crippen LogP contribution is 2.13. The first-order valence-corrected chi connectivity index (χ1v) is 8.29. The van der Waals surface area contributed by atoms with Crippen LogP contribution in [0.15, 0.2) is 53.5 Å². The summed E-state index contributed by atoms with van der Waals surface area (Å²) in [6.07, 6.45) is -0.161. The van der Waals surface area contributed by atoms with Crippen molar-refractivity contribution >= 4 is 29.9 Å². The van der Waals surface area contributed by atoms with Gasteiger partial charge in [-0.15, -0.1) is 24.0 Å². The van der Waals surface area contributed by atoms with E-state index in [0.29, 0.717) is 24.8 Å². The number of rotatable bonds is 7. The van der Waals surface area contributed by atoms with Gasteiger partial charge in [-0.05, 0) is 43.7 Å². The summed E-state index contributed by atoms with van der Waals surface area (Å²) < 4.78 is 18.9. The van der Waals surface area contributed by atoms with Gasteiger partial charge in [-0.2, -0.15) is 0 Å². The van der Waals surface area contributed by atoms with E-state index in [4.69, 9.17) is 4.74 Å². The minimum atomic E-state index is -0.321. The lowest BCUT2D eigenvalue weighted by molar-refractivity contribution is 0.223. The van der Waals surface area contributed by atoms with Crippen LogP contribution in [0.25, 0.3) is 0 Å². The number of benzene rings is 2. The average molecular weight is 473 g/mol. The molecule has 5 nitrogen and oxygen atoms in total. The minimum absolute atomic E-state index is 0. The fourth-order valence-corrected chi connectivity index (χ4v) is 2.22. The third kappa shape index (κ3) is 7.90. The van der Waals surface area contributed by atoms with Gasteiger partial charge in [-0.1, -0.05) is 18.2 Å². The second-order valence-electron chi connectivity index (χ2n) is 5.63. The molecular weight excluding hydrogens is 448 g/mol. The van der Waals surface area contributed by atoms with Gasteiger partial charge >= 0.3 is 0 Å². The van der Waals surface area contributed by atoms with Crippen LogP contribution in [0.5, 0.6) is 11.5 Å². The van der Waals surface area contributed by atoms with E-state index in [2.05, 4.69) is 15.6 Å². The molecule has 2 aromatic carbocycles. The first-order valence-electron chi connectivity index (χ1n) is 8.29. The van der Waals surface area contributed by atoms with E-state index in [1.807, 2.05) is 19.9 Å². The Kier molecular flexibility index (Phi) is 9.79. The molecule has 0 saturated carbocycles. The number of guanidine groups is 1. The third-order valence-electron chi connectivity index (χ3n) is 3.36. The Balaban J connectivity index is 0.00000338. The Morgan fingerprint density at radius 2 is 1.96 bits per heavy atom. The van der Waals surface area contributed by atoms with E-state index in [0.717, 1.165) is 12.1 Å². The van der Waals surface area contributed by atoms with Crippen LogP contribution in [0.4, 0.5) is 4.39 Å². The fourth-order valence-electron chi connectivity index (χ4n) is 2.22. The van der Waals surface area contributed by atoms with Crippen LogP contribution in [-0.2, 0) is 6.54 Å². The van der Waals surface area contributed by atoms with Gasteiger partial charge in [0.15, 0.2) is 5.96 Å². The summed E-state index contributed by atoms with van der Waals surface area (Å²) in [5.74, 6) is 1.05. The Hall–Kier alpha value is -2.03. The van der Waals surface area contributed by atoms with Crippen LogP contribution in [0.3, 0.4) is 0 Å². The monoisotopic (exact) mass is 473 g/mol. The van der Waals surface area contributed by atoms with Gasteiger partial charge in [-0.3, -0.25) is 0 Å². The topological polar surface area (TPSA) is 65.9 Å². The highest BCUT2D eigenvalue weighted by Gasteiger charge is 2.06. The predicted molar refractivity (Wildman–Crippen MR) is 113 cm³/mol. The van der Waals surface area contributed by atoms with E-state index >= 15 is 0 Å². The Bertz CT molecular complexity index is 713. The molecule has 0 aliphatic carbocycles. The molecule has 142 valence electrons. The van der Waals surface area contributed by atoms with E-state index in [9.17, 15) is 9.50 Å². The molecule has 1 unspecified atom stereocenters. The Morgan fingerprint density at radius 3 is 2.65 bits per heavy atom. The third-order valence-corrected chi connectivity index (χ3v) is 3.36. The number of phenolic OH excluding ortho intramolecular Hbond substituents is 1. The molecule has 0 aliphatic rings. The van der Waals surface area contributed by atoms with Crippen molar-refractivity contribution in [2.45, 2.75) is 26.5 Å².